The van der Waals surface area contributed by atoms with Crippen LogP contribution in [0.5, 0.6) is 5.75 Å². The summed E-state index contributed by atoms with van der Waals surface area (Å²) in [5.41, 5.74) is 5.58. The second kappa shape index (κ2) is 7.26. The molecule has 0 aliphatic carbocycles. The van der Waals surface area contributed by atoms with E-state index in [-0.39, 0.29) is 17.6 Å². The van der Waals surface area contributed by atoms with E-state index in [2.05, 4.69) is 41.8 Å². The van der Waals surface area contributed by atoms with Crippen LogP contribution < -0.4 is 4.74 Å². The maximum Gasteiger partial charge on any atom is 0.165 e. The molecule has 1 atom stereocenters. The summed E-state index contributed by atoms with van der Waals surface area (Å²) in [4.78, 5) is 2.36. The summed E-state index contributed by atoms with van der Waals surface area (Å²) in [5.74, 6) is -0.0998. The second-order valence-electron chi connectivity index (χ2n) is 7.46. The molecule has 3 aromatic rings. The lowest BCUT2D eigenvalue weighted by Crippen LogP contribution is -2.31. The lowest BCUT2D eigenvalue weighted by molar-refractivity contribution is 0.242. The van der Waals surface area contributed by atoms with Crippen molar-refractivity contribution in [2.45, 2.75) is 26.3 Å². The highest BCUT2D eigenvalue weighted by Gasteiger charge is 2.27. The van der Waals surface area contributed by atoms with Crippen molar-refractivity contribution in [2.75, 3.05) is 20.7 Å². The maximum absolute atomic E-state index is 14.2. The van der Waals surface area contributed by atoms with E-state index in [4.69, 9.17) is 16.3 Å². The highest BCUT2D eigenvalue weighted by molar-refractivity contribution is 6.31. The summed E-state index contributed by atoms with van der Waals surface area (Å²) in [6, 6.07) is 11.4. The molecule has 1 aliphatic rings. The van der Waals surface area contributed by atoms with Gasteiger partial charge in [-0.05, 0) is 74.3 Å². The zero-order valence-electron chi connectivity index (χ0n) is 16.6. The first-order valence-corrected chi connectivity index (χ1v) is 9.83. The Morgan fingerprint density at radius 1 is 1.25 bits per heavy atom. The minimum absolute atomic E-state index is 0.255. The number of allylic oxidation sites excluding steroid dienone is 1. The number of aromatic nitrogens is 1. The van der Waals surface area contributed by atoms with Crippen molar-refractivity contribution < 1.29 is 9.13 Å². The average molecular weight is 399 g/mol. The summed E-state index contributed by atoms with van der Waals surface area (Å²) in [7, 11) is 3.63. The Morgan fingerprint density at radius 2 is 2.04 bits per heavy atom. The molecule has 5 heteroatoms. The number of likely N-dealkylation sites (N-methyl/N-ethyl adjacent to an activating group) is 1. The molecule has 4 rings (SSSR count). The molecule has 1 unspecified atom stereocenters. The fourth-order valence-electron chi connectivity index (χ4n) is 4.10. The van der Waals surface area contributed by atoms with E-state index in [1.807, 2.05) is 19.1 Å². The quantitative estimate of drug-likeness (QED) is 0.537. The van der Waals surface area contributed by atoms with Crippen molar-refractivity contribution in [1.82, 2.24) is 9.47 Å². The molecule has 0 saturated carbocycles. The second-order valence-corrected chi connectivity index (χ2v) is 7.90. The number of hydrogen-bond donors (Lipinski definition) is 0. The lowest BCUT2D eigenvalue weighted by atomic mass is 9.99. The molecule has 0 amide bonds. The van der Waals surface area contributed by atoms with Gasteiger partial charge in [0.1, 0.15) is 0 Å². The van der Waals surface area contributed by atoms with Gasteiger partial charge in [0.2, 0.25) is 0 Å². The van der Waals surface area contributed by atoms with Crippen LogP contribution in [-0.4, -0.2) is 30.2 Å². The van der Waals surface area contributed by atoms with E-state index in [0.29, 0.717) is 0 Å². The van der Waals surface area contributed by atoms with Crippen LogP contribution in [0, 0.1) is 5.82 Å². The van der Waals surface area contributed by atoms with E-state index >= 15 is 0 Å². The van der Waals surface area contributed by atoms with Gasteiger partial charge in [0.25, 0.3) is 0 Å². The third-order valence-electron chi connectivity index (χ3n) is 5.81. The first kappa shape index (κ1) is 19.0. The monoisotopic (exact) mass is 398 g/mol. The number of halogens is 2. The molecule has 0 fully saturated rings. The molecule has 0 radical (unpaired) electrons. The summed E-state index contributed by atoms with van der Waals surface area (Å²) in [5, 5.41) is 1.95. The van der Waals surface area contributed by atoms with Crippen LogP contribution in [0.2, 0.25) is 5.02 Å². The van der Waals surface area contributed by atoms with Crippen LogP contribution in [0.15, 0.2) is 36.4 Å². The van der Waals surface area contributed by atoms with Crippen LogP contribution in [0.3, 0.4) is 0 Å². The molecule has 3 nitrogen and oxygen atoms in total. The molecule has 146 valence electrons. The van der Waals surface area contributed by atoms with Crippen LogP contribution >= 0.6 is 11.6 Å². The van der Waals surface area contributed by atoms with Crippen LogP contribution in [-0.2, 0) is 6.42 Å². The van der Waals surface area contributed by atoms with Crippen molar-refractivity contribution in [3.63, 3.8) is 0 Å². The predicted octanol–water partition coefficient (Wildman–Crippen LogP) is 6.01. The van der Waals surface area contributed by atoms with Gasteiger partial charge in [-0.3, -0.25) is 4.90 Å². The zero-order chi connectivity index (χ0) is 20.0. The molecule has 0 spiro atoms. The third kappa shape index (κ3) is 3.11. The minimum Gasteiger partial charge on any atom is -0.494 e. The normalized spacial score (nSPS) is 17.8. The summed E-state index contributed by atoms with van der Waals surface area (Å²) >= 11 is 6.29. The molecular weight excluding hydrogens is 375 g/mol. The highest BCUT2D eigenvalue weighted by Crippen LogP contribution is 2.38. The fourth-order valence-corrected chi connectivity index (χ4v) is 4.27. The van der Waals surface area contributed by atoms with Crippen LogP contribution in [0.25, 0.3) is 22.7 Å². The SMILES string of the molecule is COc1ccc(/C(C)=C/n2c3c(c4cc(Cl)ccc42)CCN(C)C3C)cc1F. The largest absolute Gasteiger partial charge is 0.494 e. The zero-order valence-corrected chi connectivity index (χ0v) is 17.3. The van der Waals surface area contributed by atoms with Crippen LogP contribution in [0.4, 0.5) is 4.39 Å². The number of methoxy groups -OCH3 is 1. The van der Waals surface area contributed by atoms with E-state index in [1.54, 1.807) is 6.07 Å². The maximum atomic E-state index is 14.2. The third-order valence-corrected chi connectivity index (χ3v) is 6.05. The first-order valence-electron chi connectivity index (χ1n) is 9.45. The Morgan fingerprint density at radius 3 is 2.75 bits per heavy atom. The standard InChI is InChI=1S/C23H24ClFN2O/c1-14(16-5-8-22(28-4)20(25)11-16)13-27-21-7-6-17(24)12-19(21)18-9-10-26(3)15(2)23(18)27/h5-8,11-13,15H,9-10H2,1-4H3/b14-13+. The van der Waals surface area contributed by atoms with Gasteiger partial charge >= 0.3 is 0 Å². The van der Waals surface area contributed by atoms with Crippen molar-refractivity contribution in [3.05, 3.63) is 64.1 Å². The Bertz CT molecular complexity index is 1090. The Labute approximate surface area is 170 Å². The molecule has 1 aliphatic heterocycles. The minimum atomic E-state index is -0.355. The van der Waals surface area contributed by atoms with Crippen molar-refractivity contribution in [3.8, 4) is 5.75 Å². The molecule has 2 aromatic carbocycles. The van der Waals surface area contributed by atoms with Gasteiger partial charge < -0.3 is 9.30 Å². The highest BCUT2D eigenvalue weighted by atomic mass is 35.5. The number of nitrogens with zero attached hydrogens (tertiary/aromatic N) is 2. The molecule has 0 saturated heterocycles. The molecule has 1 aromatic heterocycles. The fraction of sp³-hybridized carbons (Fsp3) is 0.304. The van der Waals surface area contributed by atoms with E-state index < -0.39 is 0 Å². The Kier molecular flexibility index (Phi) is 4.94. The van der Waals surface area contributed by atoms with Gasteiger partial charge in [0.15, 0.2) is 11.6 Å². The van der Waals surface area contributed by atoms with E-state index in [1.165, 1.54) is 29.8 Å². The van der Waals surface area contributed by atoms with Gasteiger partial charge in [-0.25, -0.2) is 4.39 Å². The van der Waals surface area contributed by atoms with Gasteiger partial charge in [-0.2, -0.15) is 0 Å². The summed E-state index contributed by atoms with van der Waals surface area (Å²) < 4.78 is 21.5. The molecule has 0 N–H and O–H groups in total. The molecule has 0 bridgehead atoms. The Hall–Kier alpha value is -2.30. The number of benzene rings is 2. The average Bonchev–Trinajstić information content (AvgIpc) is 2.98. The Balaban J connectivity index is 1.91. The van der Waals surface area contributed by atoms with E-state index in [9.17, 15) is 4.39 Å². The molecular formula is C23H24ClFN2O. The summed E-state index contributed by atoms with van der Waals surface area (Å²) in [6.45, 7) is 5.25. The van der Waals surface area contributed by atoms with Crippen molar-refractivity contribution in [2.24, 2.45) is 0 Å². The van der Waals surface area contributed by atoms with Gasteiger partial charge in [0.05, 0.1) is 12.6 Å². The summed E-state index contributed by atoms with van der Waals surface area (Å²) in [6.07, 6.45) is 3.09. The van der Waals surface area contributed by atoms with Crippen molar-refractivity contribution >= 4 is 34.3 Å². The van der Waals surface area contributed by atoms with Gasteiger partial charge in [-0.1, -0.05) is 17.7 Å². The topological polar surface area (TPSA) is 17.4 Å². The molecule has 28 heavy (non-hydrogen) atoms. The predicted molar refractivity (Wildman–Crippen MR) is 114 cm³/mol. The van der Waals surface area contributed by atoms with E-state index in [0.717, 1.165) is 34.6 Å². The number of ether oxygens (including phenoxy) is 1. The van der Waals surface area contributed by atoms with Gasteiger partial charge in [-0.15, -0.1) is 0 Å². The lowest BCUT2D eigenvalue weighted by Gasteiger charge is -2.31. The molecule has 2 heterocycles. The van der Waals surface area contributed by atoms with Crippen LogP contribution in [0.1, 0.15) is 36.7 Å². The van der Waals surface area contributed by atoms with Gasteiger partial charge in [0, 0.05) is 34.9 Å². The number of fused-ring (bicyclic) bond motifs is 3. The number of rotatable bonds is 3. The smallest absolute Gasteiger partial charge is 0.165 e. The number of hydrogen-bond acceptors (Lipinski definition) is 2. The first-order chi connectivity index (χ1) is 13.4. The van der Waals surface area contributed by atoms with Crippen molar-refractivity contribution in [1.29, 1.82) is 0 Å².